The van der Waals surface area contributed by atoms with Gasteiger partial charge in [-0.05, 0) is 17.2 Å². The van der Waals surface area contributed by atoms with Gasteiger partial charge in [-0.2, -0.15) is 0 Å². The smallest absolute Gasteiger partial charge is 0.328 e. The van der Waals surface area contributed by atoms with Gasteiger partial charge in [0.1, 0.15) is 0 Å². The van der Waals surface area contributed by atoms with Crippen LogP contribution in [0.3, 0.4) is 0 Å². The Labute approximate surface area is 134 Å². The first kappa shape index (κ1) is 16.2. The maximum Gasteiger partial charge on any atom is 0.328 e. The maximum atomic E-state index is 12.4. The van der Waals surface area contributed by atoms with Crippen LogP contribution in [0, 0.1) is 0 Å². The van der Waals surface area contributed by atoms with E-state index in [9.17, 15) is 9.59 Å². The zero-order valence-electron chi connectivity index (χ0n) is 12.5. The highest BCUT2D eigenvalue weighted by molar-refractivity contribution is 6.19. The number of rotatable bonds is 6. The molecule has 2 rings (SSSR count). The fraction of sp³-hybridized carbons (Fsp3) is 0.0526. The summed E-state index contributed by atoms with van der Waals surface area (Å²) in [4.78, 5) is 23.0. The topological polar surface area (TPSA) is 66.4 Å². The molecule has 0 heterocycles. The molecule has 4 nitrogen and oxygen atoms in total. The third kappa shape index (κ3) is 5.28. The summed E-state index contributed by atoms with van der Waals surface area (Å²) in [5, 5.41) is 11.5. The van der Waals surface area contributed by atoms with Gasteiger partial charge in [0, 0.05) is 18.2 Å². The van der Waals surface area contributed by atoms with Gasteiger partial charge in [-0.3, -0.25) is 4.79 Å². The van der Waals surface area contributed by atoms with E-state index in [1.165, 1.54) is 12.2 Å². The van der Waals surface area contributed by atoms with Gasteiger partial charge in [0.15, 0.2) is 0 Å². The summed E-state index contributed by atoms with van der Waals surface area (Å²) in [5.41, 5.74) is 2.14. The predicted molar refractivity (Wildman–Crippen MR) is 89.5 cm³/mol. The molecule has 0 bridgehead atoms. The van der Waals surface area contributed by atoms with Crippen molar-refractivity contribution < 1.29 is 14.7 Å². The SMILES string of the molecule is O=C(O)C=CC=C(C(=O)NCc1ccccc1)c1ccccc1. The third-order valence-corrected chi connectivity index (χ3v) is 3.13. The minimum absolute atomic E-state index is 0.255. The average molecular weight is 307 g/mol. The van der Waals surface area contributed by atoms with Gasteiger partial charge in [0.2, 0.25) is 0 Å². The molecule has 0 saturated carbocycles. The molecule has 2 N–H and O–H groups in total. The lowest BCUT2D eigenvalue weighted by Crippen LogP contribution is -2.23. The molecule has 0 aromatic heterocycles. The summed E-state index contributed by atoms with van der Waals surface area (Å²) in [6.45, 7) is 0.409. The van der Waals surface area contributed by atoms with E-state index in [1.54, 1.807) is 0 Å². The zero-order chi connectivity index (χ0) is 16.5. The van der Waals surface area contributed by atoms with Crippen molar-refractivity contribution in [2.45, 2.75) is 6.54 Å². The molecule has 0 spiro atoms. The lowest BCUT2D eigenvalue weighted by atomic mass is 10.0. The van der Waals surface area contributed by atoms with Crippen molar-refractivity contribution in [1.29, 1.82) is 0 Å². The summed E-state index contributed by atoms with van der Waals surface area (Å²) < 4.78 is 0. The maximum absolute atomic E-state index is 12.4. The highest BCUT2D eigenvalue weighted by Crippen LogP contribution is 2.14. The molecule has 4 heteroatoms. The number of amides is 1. The van der Waals surface area contributed by atoms with Crippen LogP contribution in [0.1, 0.15) is 11.1 Å². The second-order valence-electron chi connectivity index (χ2n) is 4.81. The Morgan fingerprint density at radius 2 is 1.57 bits per heavy atom. The van der Waals surface area contributed by atoms with E-state index >= 15 is 0 Å². The first-order chi connectivity index (χ1) is 11.2. The van der Waals surface area contributed by atoms with Crippen molar-refractivity contribution in [3.05, 3.63) is 90.0 Å². The van der Waals surface area contributed by atoms with Crippen LogP contribution in [0.25, 0.3) is 5.57 Å². The number of carbonyl (C=O) groups is 2. The van der Waals surface area contributed by atoms with Crippen molar-refractivity contribution in [2.75, 3.05) is 0 Å². The lowest BCUT2D eigenvalue weighted by Gasteiger charge is -2.09. The summed E-state index contributed by atoms with van der Waals surface area (Å²) in [6, 6.07) is 18.7. The molecule has 2 aromatic rings. The molecule has 0 atom stereocenters. The molecule has 0 aliphatic carbocycles. The van der Waals surface area contributed by atoms with Crippen LogP contribution < -0.4 is 5.32 Å². The Bertz CT molecular complexity index is 719. The number of hydrogen-bond donors (Lipinski definition) is 2. The van der Waals surface area contributed by atoms with Crippen LogP contribution in [0.2, 0.25) is 0 Å². The molecule has 0 unspecified atom stereocenters. The number of carboxylic acids is 1. The number of carbonyl (C=O) groups excluding carboxylic acids is 1. The van der Waals surface area contributed by atoms with E-state index in [0.717, 1.165) is 17.2 Å². The molecule has 0 radical (unpaired) electrons. The molecule has 2 aromatic carbocycles. The van der Waals surface area contributed by atoms with Crippen LogP contribution in [0.4, 0.5) is 0 Å². The van der Waals surface area contributed by atoms with Crippen molar-refractivity contribution in [2.24, 2.45) is 0 Å². The average Bonchev–Trinajstić information content (AvgIpc) is 2.58. The number of hydrogen-bond acceptors (Lipinski definition) is 2. The number of benzene rings is 2. The third-order valence-electron chi connectivity index (χ3n) is 3.13. The van der Waals surface area contributed by atoms with Crippen molar-refractivity contribution >= 4 is 17.4 Å². The Morgan fingerprint density at radius 1 is 0.957 bits per heavy atom. The Balaban J connectivity index is 2.16. The summed E-state index contributed by atoms with van der Waals surface area (Å²) in [7, 11) is 0. The Hall–Kier alpha value is -3.14. The highest BCUT2D eigenvalue weighted by Gasteiger charge is 2.10. The second kappa shape index (κ2) is 8.34. The largest absolute Gasteiger partial charge is 0.478 e. The molecule has 23 heavy (non-hydrogen) atoms. The van der Waals surface area contributed by atoms with Crippen molar-refractivity contribution in [3.8, 4) is 0 Å². The van der Waals surface area contributed by atoms with E-state index < -0.39 is 5.97 Å². The summed E-state index contributed by atoms with van der Waals surface area (Å²) in [5.74, 6) is -1.31. The number of carboxylic acid groups (broad SMARTS) is 1. The zero-order valence-corrected chi connectivity index (χ0v) is 12.5. The number of nitrogens with one attached hydrogen (secondary N) is 1. The van der Waals surface area contributed by atoms with E-state index in [0.29, 0.717) is 12.1 Å². The van der Waals surface area contributed by atoms with Crippen molar-refractivity contribution in [3.63, 3.8) is 0 Å². The Morgan fingerprint density at radius 3 is 2.17 bits per heavy atom. The molecule has 0 aliphatic rings. The van der Waals surface area contributed by atoms with Crippen LogP contribution in [-0.2, 0) is 16.1 Å². The van der Waals surface area contributed by atoms with Gasteiger partial charge in [-0.25, -0.2) is 4.79 Å². The molecular formula is C19H17NO3. The summed E-state index contributed by atoms with van der Waals surface area (Å²) >= 11 is 0. The van der Waals surface area contributed by atoms with Crippen LogP contribution in [-0.4, -0.2) is 17.0 Å². The van der Waals surface area contributed by atoms with Gasteiger partial charge in [-0.1, -0.05) is 66.7 Å². The van der Waals surface area contributed by atoms with E-state index in [-0.39, 0.29) is 5.91 Å². The first-order valence-corrected chi connectivity index (χ1v) is 7.15. The van der Waals surface area contributed by atoms with Crippen molar-refractivity contribution in [1.82, 2.24) is 5.32 Å². The van der Waals surface area contributed by atoms with Crippen LogP contribution in [0.5, 0.6) is 0 Å². The van der Waals surface area contributed by atoms with E-state index in [4.69, 9.17) is 5.11 Å². The van der Waals surface area contributed by atoms with Gasteiger partial charge >= 0.3 is 5.97 Å². The standard InChI is InChI=1S/C19H17NO3/c21-18(22)13-7-12-17(16-10-5-2-6-11-16)19(23)20-14-15-8-3-1-4-9-15/h1-13H,14H2,(H,20,23)(H,21,22). The lowest BCUT2D eigenvalue weighted by molar-refractivity contribution is -0.131. The van der Waals surface area contributed by atoms with Gasteiger partial charge in [-0.15, -0.1) is 0 Å². The Kier molecular flexibility index (Phi) is 5.89. The molecule has 0 fully saturated rings. The normalized spacial score (nSPS) is 11.4. The minimum atomic E-state index is -1.06. The van der Waals surface area contributed by atoms with Gasteiger partial charge < -0.3 is 10.4 Å². The minimum Gasteiger partial charge on any atom is -0.478 e. The monoisotopic (exact) mass is 307 g/mol. The molecule has 1 amide bonds. The van der Waals surface area contributed by atoms with E-state index in [1.807, 2.05) is 60.7 Å². The van der Waals surface area contributed by atoms with Gasteiger partial charge in [0.05, 0.1) is 0 Å². The fourth-order valence-corrected chi connectivity index (χ4v) is 2.02. The molecular weight excluding hydrogens is 290 g/mol. The molecule has 0 saturated heterocycles. The number of allylic oxidation sites excluding steroid dienone is 2. The molecule has 116 valence electrons. The highest BCUT2D eigenvalue weighted by atomic mass is 16.4. The number of aliphatic carboxylic acids is 1. The first-order valence-electron chi connectivity index (χ1n) is 7.15. The van der Waals surface area contributed by atoms with Crippen LogP contribution in [0.15, 0.2) is 78.9 Å². The van der Waals surface area contributed by atoms with E-state index in [2.05, 4.69) is 5.32 Å². The second-order valence-corrected chi connectivity index (χ2v) is 4.81. The molecule has 0 aliphatic heterocycles. The summed E-state index contributed by atoms with van der Waals surface area (Å²) in [6.07, 6.45) is 3.85. The quantitative estimate of drug-likeness (QED) is 0.637. The fourth-order valence-electron chi connectivity index (χ4n) is 2.02. The van der Waals surface area contributed by atoms with Crippen LogP contribution >= 0.6 is 0 Å². The van der Waals surface area contributed by atoms with Gasteiger partial charge in [0.25, 0.3) is 5.91 Å². The predicted octanol–water partition coefficient (Wildman–Crippen LogP) is 3.03.